The van der Waals surface area contributed by atoms with Crippen LogP contribution in [0.5, 0.6) is 0 Å². The lowest BCUT2D eigenvalue weighted by Gasteiger charge is -2.28. The molecule has 4 nitrogen and oxygen atoms in total. The number of rotatable bonds is 5. The highest BCUT2D eigenvalue weighted by atomic mass is 16.1. The van der Waals surface area contributed by atoms with E-state index in [0.717, 1.165) is 32.5 Å². The number of carbonyl (C=O) groups is 1. The number of nitrogens with one attached hydrogen (secondary N) is 1. The predicted octanol–water partition coefficient (Wildman–Crippen LogP) is 2.45. The second-order valence-corrected chi connectivity index (χ2v) is 5.99. The third-order valence-electron chi connectivity index (χ3n) is 4.35. The zero-order valence-corrected chi connectivity index (χ0v) is 13.3. The maximum atomic E-state index is 12.1. The highest BCUT2D eigenvalue weighted by Crippen LogP contribution is 2.18. The molecule has 2 aromatic carbocycles. The number of amides is 1. The molecule has 0 saturated carbocycles. The molecule has 3 rings (SSSR count). The zero-order chi connectivity index (χ0) is 16.1. The summed E-state index contributed by atoms with van der Waals surface area (Å²) in [4.78, 5) is 14.5. The van der Waals surface area contributed by atoms with Crippen LogP contribution in [0.2, 0.25) is 0 Å². The molecule has 0 atom stereocenters. The minimum Gasteiger partial charge on any atom is -0.398 e. The Kier molecular flexibility index (Phi) is 4.93. The molecule has 120 valence electrons. The van der Waals surface area contributed by atoms with Gasteiger partial charge in [0.2, 0.25) is 0 Å². The van der Waals surface area contributed by atoms with Crippen molar-refractivity contribution in [3.8, 4) is 0 Å². The Morgan fingerprint density at radius 2 is 1.83 bits per heavy atom. The molecule has 23 heavy (non-hydrogen) atoms. The van der Waals surface area contributed by atoms with E-state index in [-0.39, 0.29) is 5.91 Å². The molecule has 0 aliphatic carbocycles. The van der Waals surface area contributed by atoms with Crippen LogP contribution in [-0.2, 0) is 13.0 Å². The fourth-order valence-corrected chi connectivity index (χ4v) is 3.05. The number of fused-ring (bicyclic) bond motifs is 1. The minimum absolute atomic E-state index is 0.0907. The Morgan fingerprint density at radius 3 is 2.65 bits per heavy atom. The first kappa shape index (κ1) is 15.6. The van der Waals surface area contributed by atoms with Crippen molar-refractivity contribution in [2.24, 2.45) is 0 Å². The number of nitrogens with zero attached hydrogens (tertiary/aromatic N) is 1. The first-order valence-electron chi connectivity index (χ1n) is 8.16. The van der Waals surface area contributed by atoms with Crippen molar-refractivity contribution in [1.82, 2.24) is 10.2 Å². The summed E-state index contributed by atoms with van der Waals surface area (Å²) in [5, 5.41) is 2.95. The summed E-state index contributed by atoms with van der Waals surface area (Å²) < 4.78 is 0. The first-order valence-corrected chi connectivity index (χ1v) is 8.16. The van der Waals surface area contributed by atoms with E-state index in [0.29, 0.717) is 17.8 Å². The number of hydrogen-bond donors (Lipinski definition) is 2. The summed E-state index contributed by atoms with van der Waals surface area (Å²) in [6.07, 6.45) is 2.06. The van der Waals surface area contributed by atoms with E-state index in [9.17, 15) is 4.79 Å². The van der Waals surface area contributed by atoms with Crippen LogP contribution in [0, 0.1) is 0 Å². The molecule has 0 aromatic heterocycles. The van der Waals surface area contributed by atoms with Gasteiger partial charge in [-0.15, -0.1) is 0 Å². The quantitative estimate of drug-likeness (QED) is 0.659. The lowest BCUT2D eigenvalue weighted by molar-refractivity contribution is 0.0952. The topological polar surface area (TPSA) is 58.4 Å². The highest BCUT2D eigenvalue weighted by molar-refractivity contribution is 5.98. The molecule has 0 spiro atoms. The monoisotopic (exact) mass is 309 g/mol. The van der Waals surface area contributed by atoms with Crippen molar-refractivity contribution >= 4 is 11.6 Å². The Labute approximate surface area is 137 Å². The zero-order valence-electron chi connectivity index (χ0n) is 13.3. The third kappa shape index (κ3) is 3.90. The molecule has 1 amide bonds. The van der Waals surface area contributed by atoms with Gasteiger partial charge in [0.25, 0.3) is 5.91 Å². The SMILES string of the molecule is Nc1ccccc1C(=O)NCCCN1CCc2ccccc2C1. The Hall–Kier alpha value is -2.33. The highest BCUT2D eigenvalue weighted by Gasteiger charge is 2.15. The van der Waals surface area contributed by atoms with Gasteiger partial charge < -0.3 is 11.1 Å². The maximum Gasteiger partial charge on any atom is 0.253 e. The van der Waals surface area contributed by atoms with Gasteiger partial charge in [0.15, 0.2) is 0 Å². The molecule has 1 aliphatic rings. The molecular weight excluding hydrogens is 286 g/mol. The number of carbonyl (C=O) groups excluding carboxylic acids is 1. The number of benzene rings is 2. The van der Waals surface area contributed by atoms with Gasteiger partial charge in [0.1, 0.15) is 0 Å². The van der Waals surface area contributed by atoms with Gasteiger partial charge in [-0.3, -0.25) is 9.69 Å². The van der Waals surface area contributed by atoms with Gasteiger partial charge in [0, 0.05) is 31.9 Å². The van der Waals surface area contributed by atoms with Gasteiger partial charge in [-0.25, -0.2) is 0 Å². The van der Waals surface area contributed by atoms with Crippen LogP contribution in [0.3, 0.4) is 0 Å². The van der Waals surface area contributed by atoms with Crippen molar-refractivity contribution in [2.45, 2.75) is 19.4 Å². The summed E-state index contributed by atoms with van der Waals surface area (Å²) in [5.74, 6) is -0.0907. The standard InChI is InChI=1S/C19H23N3O/c20-18-9-4-3-8-17(18)19(23)21-11-5-12-22-13-10-15-6-1-2-7-16(15)14-22/h1-4,6-9H,5,10-14,20H2,(H,21,23). The van der Waals surface area contributed by atoms with E-state index in [4.69, 9.17) is 5.73 Å². The Bertz CT molecular complexity index is 684. The second-order valence-electron chi connectivity index (χ2n) is 5.99. The first-order chi connectivity index (χ1) is 11.2. The summed E-state index contributed by atoms with van der Waals surface area (Å²) in [5.41, 5.74) is 9.80. The van der Waals surface area contributed by atoms with Crippen LogP contribution >= 0.6 is 0 Å². The van der Waals surface area contributed by atoms with E-state index in [2.05, 4.69) is 34.5 Å². The molecule has 0 bridgehead atoms. The third-order valence-corrected chi connectivity index (χ3v) is 4.35. The lowest BCUT2D eigenvalue weighted by Crippen LogP contribution is -2.33. The molecular formula is C19H23N3O. The van der Waals surface area contributed by atoms with Crippen molar-refractivity contribution < 1.29 is 4.79 Å². The van der Waals surface area contributed by atoms with Crippen LogP contribution in [0.25, 0.3) is 0 Å². The van der Waals surface area contributed by atoms with Crippen molar-refractivity contribution in [2.75, 3.05) is 25.4 Å². The minimum atomic E-state index is -0.0907. The van der Waals surface area contributed by atoms with Crippen LogP contribution in [0.4, 0.5) is 5.69 Å². The Morgan fingerprint density at radius 1 is 1.09 bits per heavy atom. The van der Waals surface area contributed by atoms with E-state index in [1.165, 1.54) is 11.1 Å². The molecule has 0 radical (unpaired) electrons. The molecule has 4 heteroatoms. The molecule has 0 unspecified atom stereocenters. The normalized spacial score (nSPS) is 14.3. The van der Waals surface area contributed by atoms with Crippen LogP contribution < -0.4 is 11.1 Å². The van der Waals surface area contributed by atoms with Crippen LogP contribution in [0.15, 0.2) is 48.5 Å². The number of nitrogens with two attached hydrogens (primary N) is 1. The second kappa shape index (κ2) is 7.29. The molecule has 2 aromatic rings. The van der Waals surface area contributed by atoms with Gasteiger partial charge >= 0.3 is 0 Å². The van der Waals surface area contributed by atoms with Crippen molar-refractivity contribution in [1.29, 1.82) is 0 Å². The fourth-order valence-electron chi connectivity index (χ4n) is 3.05. The molecule has 1 aliphatic heterocycles. The molecule has 1 heterocycles. The Balaban J connectivity index is 1.43. The van der Waals surface area contributed by atoms with Gasteiger partial charge in [-0.05, 0) is 36.1 Å². The van der Waals surface area contributed by atoms with Crippen molar-refractivity contribution in [3.63, 3.8) is 0 Å². The molecule has 3 N–H and O–H groups in total. The smallest absolute Gasteiger partial charge is 0.253 e. The lowest BCUT2D eigenvalue weighted by atomic mass is 10.00. The van der Waals surface area contributed by atoms with Crippen LogP contribution in [-0.4, -0.2) is 30.4 Å². The van der Waals surface area contributed by atoms with Gasteiger partial charge in [-0.1, -0.05) is 36.4 Å². The maximum absolute atomic E-state index is 12.1. The summed E-state index contributed by atoms with van der Waals surface area (Å²) in [6, 6.07) is 15.8. The van der Waals surface area contributed by atoms with E-state index < -0.39 is 0 Å². The van der Waals surface area contributed by atoms with Gasteiger partial charge in [0.05, 0.1) is 5.56 Å². The summed E-state index contributed by atoms with van der Waals surface area (Å²) >= 11 is 0. The van der Waals surface area contributed by atoms with E-state index in [1.54, 1.807) is 12.1 Å². The van der Waals surface area contributed by atoms with Gasteiger partial charge in [-0.2, -0.15) is 0 Å². The average Bonchev–Trinajstić information content (AvgIpc) is 2.59. The number of anilines is 1. The fraction of sp³-hybridized carbons (Fsp3) is 0.316. The largest absolute Gasteiger partial charge is 0.398 e. The molecule has 0 fully saturated rings. The summed E-state index contributed by atoms with van der Waals surface area (Å²) in [6.45, 7) is 3.77. The molecule has 0 saturated heterocycles. The average molecular weight is 309 g/mol. The van der Waals surface area contributed by atoms with Crippen molar-refractivity contribution in [3.05, 3.63) is 65.2 Å². The predicted molar refractivity (Wildman–Crippen MR) is 93.2 cm³/mol. The van der Waals surface area contributed by atoms with Crippen LogP contribution in [0.1, 0.15) is 27.9 Å². The summed E-state index contributed by atoms with van der Waals surface area (Å²) in [7, 11) is 0. The number of para-hydroxylation sites is 1. The van der Waals surface area contributed by atoms with E-state index >= 15 is 0 Å². The van der Waals surface area contributed by atoms with E-state index in [1.807, 2.05) is 12.1 Å². The number of nitrogen functional groups attached to an aromatic ring is 1. The number of hydrogen-bond acceptors (Lipinski definition) is 3.